The number of amidine groups is 1. The highest BCUT2D eigenvalue weighted by Crippen LogP contribution is 2.24. The summed E-state index contributed by atoms with van der Waals surface area (Å²) in [7, 11) is 0. The predicted octanol–water partition coefficient (Wildman–Crippen LogP) is 1.87. The molecule has 0 unspecified atom stereocenters. The molecule has 1 heterocycles. The second-order valence-electron chi connectivity index (χ2n) is 4.01. The molecule has 11 heteroatoms. The normalized spacial score (nSPS) is 11.3. The van der Waals surface area contributed by atoms with Crippen LogP contribution in [0.15, 0.2) is 37.3 Å². The number of nitrogens with one attached hydrogen (secondary N) is 2. The van der Waals surface area contributed by atoms with Gasteiger partial charge in [0.2, 0.25) is 6.41 Å². The lowest BCUT2D eigenvalue weighted by Gasteiger charge is -2.03. The molecule has 8 nitrogen and oxygen atoms in total. The molecule has 0 bridgehead atoms. The molecule has 3 N–H and O–H groups in total. The first-order chi connectivity index (χ1) is 11.2. The van der Waals surface area contributed by atoms with E-state index in [1.165, 1.54) is 30.0 Å². The zero-order valence-electron chi connectivity index (χ0n) is 11.5. The van der Waals surface area contributed by atoms with Crippen LogP contribution in [0.4, 0.5) is 10.1 Å². The lowest BCUT2D eigenvalue weighted by Crippen LogP contribution is -2.21. The van der Waals surface area contributed by atoms with Gasteiger partial charge < -0.3 is 5.32 Å². The summed E-state index contributed by atoms with van der Waals surface area (Å²) in [6.07, 6.45) is 0.594. The maximum absolute atomic E-state index is 13.2. The SMILES string of the molecule is O=CNCCSc1nonc1C(=Nc1ccc(F)c(Br)c1)NO. The Morgan fingerprint density at radius 1 is 1.52 bits per heavy atom. The van der Waals surface area contributed by atoms with Crippen LogP contribution >= 0.6 is 27.7 Å². The van der Waals surface area contributed by atoms with Crippen molar-refractivity contribution in [3.05, 3.63) is 34.2 Å². The van der Waals surface area contributed by atoms with Gasteiger partial charge in [0.25, 0.3) is 0 Å². The monoisotopic (exact) mass is 403 g/mol. The predicted molar refractivity (Wildman–Crippen MR) is 84.3 cm³/mol. The molecule has 1 aromatic heterocycles. The Balaban J connectivity index is 2.20. The summed E-state index contributed by atoms with van der Waals surface area (Å²) >= 11 is 4.32. The fraction of sp³-hybridized carbons (Fsp3) is 0.167. The topological polar surface area (TPSA) is 113 Å². The van der Waals surface area contributed by atoms with Gasteiger partial charge in [-0.15, -0.1) is 0 Å². The number of amides is 1. The summed E-state index contributed by atoms with van der Waals surface area (Å²) in [5.41, 5.74) is 2.51. The molecule has 0 aliphatic heterocycles. The van der Waals surface area contributed by atoms with Crippen LogP contribution in [0.5, 0.6) is 0 Å². The van der Waals surface area contributed by atoms with Gasteiger partial charge in [0.15, 0.2) is 16.6 Å². The van der Waals surface area contributed by atoms with Gasteiger partial charge in [-0.3, -0.25) is 15.5 Å². The molecule has 0 spiro atoms. The van der Waals surface area contributed by atoms with Crippen molar-refractivity contribution in [2.24, 2.45) is 4.99 Å². The van der Waals surface area contributed by atoms with E-state index in [1.54, 1.807) is 0 Å². The first-order valence-corrected chi connectivity index (χ1v) is 8.00. The molecular formula is C12H11BrFN5O3S. The highest BCUT2D eigenvalue weighted by atomic mass is 79.9. The van der Waals surface area contributed by atoms with E-state index in [2.05, 4.69) is 41.2 Å². The van der Waals surface area contributed by atoms with Crippen molar-refractivity contribution in [1.29, 1.82) is 0 Å². The number of hydrogen-bond donors (Lipinski definition) is 3. The number of nitrogens with zero attached hydrogens (tertiary/aromatic N) is 3. The van der Waals surface area contributed by atoms with Crippen LogP contribution in [-0.2, 0) is 4.79 Å². The average Bonchev–Trinajstić information content (AvgIpc) is 3.01. The summed E-state index contributed by atoms with van der Waals surface area (Å²) in [5.74, 6) is 0.0981. The lowest BCUT2D eigenvalue weighted by molar-refractivity contribution is -0.109. The first-order valence-electron chi connectivity index (χ1n) is 6.22. The molecule has 0 aliphatic rings. The Hall–Kier alpha value is -1.98. The number of rotatable bonds is 7. The van der Waals surface area contributed by atoms with Crippen molar-refractivity contribution >= 4 is 45.6 Å². The Morgan fingerprint density at radius 2 is 2.35 bits per heavy atom. The molecule has 23 heavy (non-hydrogen) atoms. The number of hydroxylamine groups is 1. The summed E-state index contributed by atoms with van der Waals surface area (Å²) in [4.78, 5) is 14.3. The van der Waals surface area contributed by atoms with E-state index in [0.29, 0.717) is 29.4 Å². The number of aliphatic imine (C=N–C) groups is 1. The third-order valence-corrected chi connectivity index (χ3v) is 4.06. The van der Waals surface area contributed by atoms with Crippen LogP contribution in [0, 0.1) is 5.82 Å². The third-order valence-electron chi connectivity index (χ3n) is 2.50. The van der Waals surface area contributed by atoms with E-state index in [9.17, 15) is 14.4 Å². The van der Waals surface area contributed by atoms with Gasteiger partial charge in [-0.05, 0) is 44.4 Å². The number of carbonyl (C=O) groups excluding carboxylic acids is 1. The average molecular weight is 404 g/mol. The largest absolute Gasteiger partial charge is 0.358 e. The van der Waals surface area contributed by atoms with Crippen LogP contribution < -0.4 is 10.8 Å². The smallest absolute Gasteiger partial charge is 0.207 e. The van der Waals surface area contributed by atoms with Crippen LogP contribution in [0.1, 0.15) is 5.69 Å². The third kappa shape index (κ3) is 4.74. The van der Waals surface area contributed by atoms with E-state index in [0.717, 1.165) is 0 Å². The van der Waals surface area contributed by atoms with Crippen LogP contribution in [0.3, 0.4) is 0 Å². The van der Waals surface area contributed by atoms with Crippen molar-refractivity contribution in [2.45, 2.75) is 5.03 Å². The molecule has 0 saturated carbocycles. The zero-order valence-corrected chi connectivity index (χ0v) is 13.9. The van der Waals surface area contributed by atoms with Gasteiger partial charge in [-0.25, -0.2) is 14.0 Å². The molecule has 0 saturated heterocycles. The van der Waals surface area contributed by atoms with Gasteiger partial charge in [0.1, 0.15) is 5.82 Å². The molecule has 122 valence electrons. The summed E-state index contributed by atoms with van der Waals surface area (Å²) in [6, 6.07) is 4.12. The van der Waals surface area contributed by atoms with Crippen molar-refractivity contribution in [2.75, 3.05) is 12.3 Å². The van der Waals surface area contributed by atoms with Crippen molar-refractivity contribution in [1.82, 2.24) is 21.1 Å². The van der Waals surface area contributed by atoms with E-state index < -0.39 is 5.82 Å². The molecule has 0 radical (unpaired) electrons. The minimum atomic E-state index is -0.426. The molecule has 2 rings (SSSR count). The summed E-state index contributed by atoms with van der Waals surface area (Å²) in [6.45, 7) is 0.435. The Labute approximate surface area is 142 Å². The second-order valence-corrected chi connectivity index (χ2v) is 5.95. The van der Waals surface area contributed by atoms with Gasteiger partial charge in [-0.1, -0.05) is 11.8 Å². The zero-order chi connectivity index (χ0) is 16.7. The van der Waals surface area contributed by atoms with E-state index >= 15 is 0 Å². The first kappa shape index (κ1) is 17.4. The maximum atomic E-state index is 13.2. The minimum absolute atomic E-state index is 0.00407. The number of halogens is 2. The standard InChI is InChI=1S/C12H11BrFN5O3S/c13-8-5-7(1-2-9(8)14)16-11(17-21)10-12(19-22-18-10)23-4-3-15-6-20/h1-2,5-6,21H,3-4H2,(H,15,20)(H,16,17). The van der Waals surface area contributed by atoms with Gasteiger partial charge in [-0.2, -0.15) is 0 Å². The highest BCUT2D eigenvalue weighted by molar-refractivity contribution is 9.10. The van der Waals surface area contributed by atoms with Gasteiger partial charge in [0, 0.05) is 12.3 Å². The van der Waals surface area contributed by atoms with E-state index in [1.807, 2.05) is 5.48 Å². The summed E-state index contributed by atoms with van der Waals surface area (Å²) in [5, 5.41) is 19.6. The Bertz CT molecular complexity index is 712. The van der Waals surface area contributed by atoms with Crippen LogP contribution in [0.2, 0.25) is 0 Å². The number of hydrogen-bond acceptors (Lipinski definition) is 7. The molecular weight excluding hydrogens is 393 g/mol. The minimum Gasteiger partial charge on any atom is -0.358 e. The van der Waals surface area contributed by atoms with Crippen LogP contribution in [-0.4, -0.2) is 40.1 Å². The number of carbonyl (C=O) groups is 1. The fourth-order valence-corrected chi connectivity index (χ4v) is 2.64. The molecule has 0 fully saturated rings. The van der Waals surface area contributed by atoms with E-state index in [4.69, 9.17) is 0 Å². The lowest BCUT2D eigenvalue weighted by atomic mass is 10.3. The summed E-state index contributed by atoms with van der Waals surface area (Å²) < 4.78 is 18.1. The molecule has 1 aromatic carbocycles. The quantitative estimate of drug-likeness (QED) is 0.161. The van der Waals surface area contributed by atoms with E-state index in [-0.39, 0.29) is 16.0 Å². The Morgan fingerprint density at radius 3 is 3.04 bits per heavy atom. The Kier molecular flexibility index (Phi) is 6.50. The van der Waals surface area contributed by atoms with Gasteiger partial charge in [0.05, 0.1) is 10.2 Å². The highest BCUT2D eigenvalue weighted by Gasteiger charge is 2.17. The number of benzene rings is 1. The van der Waals surface area contributed by atoms with Gasteiger partial charge >= 0.3 is 0 Å². The number of thioether (sulfide) groups is 1. The van der Waals surface area contributed by atoms with Crippen molar-refractivity contribution in [3.8, 4) is 0 Å². The van der Waals surface area contributed by atoms with Crippen LogP contribution in [0.25, 0.3) is 0 Å². The molecule has 0 aliphatic carbocycles. The van der Waals surface area contributed by atoms with Crippen molar-refractivity contribution < 1.29 is 19.0 Å². The number of aromatic nitrogens is 2. The van der Waals surface area contributed by atoms with Crippen molar-refractivity contribution in [3.63, 3.8) is 0 Å². The fourth-order valence-electron chi connectivity index (χ4n) is 1.50. The molecule has 0 atom stereocenters. The molecule has 1 amide bonds. The second kappa shape index (κ2) is 8.60. The molecule has 2 aromatic rings. The maximum Gasteiger partial charge on any atom is 0.207 e.